The minimum atomic E-state index is -0.881. The summed E-state index contributed by atoms with van der Waals surface area (Å²) in [4.78, 5) is 22.5. The topological polar surface area (TPSA) is 78.4 Å². The van der Waals surface area contributed by atoms with Gasteiger partial charge >= 0.3 is 12.0 Å². The van der Waals surface area contributed by atoms with Gasteiger partial charge in [-0.25, -0.2) is 4.79 Å². The second kappa shape index (κ2) is 7.67. The fraction of sp³-hybridized carbons (Fsp3) is 0.500. The molecule has 0 aromatic heterocycles. The Morgan fingerprint density at radius 3 is 2.71 bits per heavy atom. The molecule has 1 fully saturated rings. The van der Waals surface area contributed by atoms with E-state index in [9.17, 15) is 9.59 Å². The zero-order chi connectivity index (χ0) is 15.1. The van der Waals surface area contributed by atoms with Gasteiger partial charge in [0.2, 0.25) is 0 Å². The summed E-state index contributed by atoms with van der Waals surface area (Å²) in [6.07, 6.45) is 6.17. The van der Waals surface area contributed by atoms with Crippen molar-refractivity contribution in [2.45, 2.75) is 38.5 Å². The maximum atomic E-state index is 11.8. The van der Waals surface area contributed by atoms with Crippen LogP contribution < -0.4 is 10.6 Å². The SMILES string of the molecule is O=C(O)Cc1cccc(NC(=O)NCCC2CCCC2)c1. The highest BCUT2D eigenvalue weighted by atomic mass is 16.4. The molecule has 1 aliphatic carbocycles. The Morgan fingerprint density at radius 2 is 2.00 bits per heavy atom. The summed E-state index contributed by atoms with van der Waals surface area (Å²) in [6, 6.07) is 6.68. The Kier molecular flexibility index (Phi) is 5.60. The van der Waals surface area contributed by atoms with E-state index in [1.54, 1.807) is 24.3 Å². The molecule has 0 heterocycles. The molecule has 0 unspecified atom stereocenters. The number of anilines is 1. The number of aliphatic carboxylic acids is 1. The average molecular weight is 290 g/mol. The lowest BCUT2D eigenvalue weighted by Crippen LogP contribution is -2.30. The highest BCUT2D eigenvalue weighted by Crippen LogP contribution is 2.26. The van der Waals surface area contributed by atoms with Crippen LogP contribution in [0.4, 0.5) is 10.5 Å². The molecule has 114 valence electrons. The van der Waals surface area contributed by atoms with Gasteiger partial charge < -0.3 is 15.7 Å². The Hall–Kier alpha value is -2.04. The Labute approximate surface area is 124 Å². The van der Waals surface area contributed by atoms with Crippen LogP contribution in [-0.2, 0) is 11.2 Å². The van der Waals surface area contributed by atoms with E-state index in [2.05, 4.69) is 10.6 Å². The zero-order valence-corrected chi connectivity index (χ0v) is 12.1. The van der Waals surface area contributed by atoms with E-state index in [4.69, 9.17) is 5.11 Å². The molecule has 0 bridgehead atoms. The normalized spacial score (nSPS) is 14.9. The van der Waals surface area contributed by atoms with Crippen molar-refractivity contribution in [2.75, 3.05) is 11.9 Å². The molecule has 0 radical (unpaired) electrons. The molecule has 21 heavy (non-hydrogen) atoms. The first-order chi connectivity index (χ1) is 10.1. The lowest BCUT2D eigenvalue weighted by Gasteiger charge is -2.11. The summed E-state index contributed by atoms with van der Waals surface area (Å²) in [7, 11) is 0. The predicted molar refractivity (Wildman–Crippen MR) is 81.4 cm³/mol. The highest BCUT2D eigenvalue weighted by Gasteiger charge is 2.14. The minimum absolute atomic E-state index is 0.0428. The molecule has 0 saturated heterocycles. The summed E-state index contributed by atoms with van der Waals surface area (Å²) in [6.45, 7) is 0.686. The molecule has 1 saturated carbocycles. The van der Waals surface area contributed by atoms with E-state index >= 15 is 0 Å². The second-order valence-corrected chi connectivity index (χ2v) is 5.59. The third-order valence-corrected chi connectivity index (χ3v) is 3.85. The van der Waals surface area contributed by atoms with Crippen LogP contribution >= 0.6 is 0 Å². The molecule has 5 heteroatoms. The third kappa shape index (κ3) is 5.45. The number of nitrogens with one attached hydrogen (secondary N) is 2. The monoisotopic (exact) mass is 290 g/mol. The molecule has 3 N–H and O–H groups in total. The average Bonchev–Trinajstić information content (AvgIpc) is 2.91. The number of carbonyl (C=O) groups excluding carboxylic acids is 1. The van der Waals surface area contributed by atoms with Crippen molar-refractivity contribution in [1.29, 1.82) is 0 Å². The number of hydrogen-bond donors (Lipinski definition) is 3. The number of carboxylic acids is 1. The largest absolute Gasteiger partial charge is 0.481 e. The van der Waals surface area contributed by atoms with E-state index in [1.165, 1.54) is 25.7 Å². The maximum absolute atomic E-state index is 11.8. The number of carbonyl (C=O) groups is 2. The zero-order valence-electron chi connectivity index (χ0n) is 12.1. The molecular weight excluding hydrogens is 268 g/mol. The third-order valence-electron chi connectivity index (χ3n) is 3.85. The molecule has 0 aliphatic heterocycles. The van der Waals surface area contributed by atoms with E-state index < -0.39 is 5.97 Å². The van der Waals surface area contributed by atoms with Crippen LogP contribution in [0.1, 0.15) is 37.7 Å². The number of carboxylic acid groups (broad SMARTS) is 1. The van der Waals surface area contributed by atoms with Gasteiger partial charge in [0.25, 0.3) is 0 Å². The molecular formula is C16H22N2O3. The number of amides is 2. The minimum Gasteiger partial charge on any atom is -0.481 e. The van der Waals surface area contributed by atoms with E-state index in [0.717, 1.165) is 12.3 Å². The van der Waals surface area contributed by atoms with Crippen LogP contribution in [0.3, 0.4) is 0 Å². The van der Waals surface area contributed by atoms with Gasteiger partial charge in [-0.15, -0.1) is 0 Å². The van der Waals surface area contributed by atoms with Crippen molar-refractivity contribution in [3.63, 3.8) is 0 Å². The quantitative estimate of drug-likeness (QED) is 0.753. The van der Waals surface area contributed by atoms with Gasteiger partial charge in [0.05, 0.1) is 6.42 Å². The summed E-state index contributed by atoms with van der Waals surface area (Å²) < 4.78 is 0. The molecule has 1 aliphatic rings. The van der Waals surface area contributed by atoms with E-state index in [0.29, 0.717) is 17.8 Å². The van der Waals surface area contributed by atoms with Crippen LogP contribution in [0.15, 0.2) is 24.3 Å². The summed E-state index contributed by atoms with van der Waals surface area (Å²) in [5.41, 5.74) is 1.29. The van der Waals surface area contributed by atoms with Gasteiger partial charge in [-0.05, 0) is 30.0 Å². The molecule has 0 spiro atoms. The van der Waals surface area contributed by atoms with Crippen LogP contribution in [0.25, 0.3) is 0 Å². The maximum Gasteiger partial charge on any atom is 0.319 e. The first-order valence-electron chi connectivity index (χ1n) is 7.49. The molecule has 2 amide bonds. The highest BCUT2D eigenvalue weighted by molar-refractivity contribution is 5.89. The van der Waals surface area contributed by atoms with Gasteiger partial charge in [-0.3, -0.25) is 4.79 Å². The number of urea groups is 1. The summed E-state index contributed by atoms with van der Waals surface area (Å²) >= 11 is 0. The Bertz CT molecular complexity index is 496. The van der Waals surface area contributed by atoms with E-state index in [-0.39, 0.29) is 12.5 Å². The first-order valence-corrected chi connectivity index (χ1v) is 7.49. The lowest BCUT2D eigenvalue weighted by molar-refractivity contribution is -0.136. The van der Waals surface area contributed by atoms with Gasteiger partial charge in [-0.1, -0.05) is 37.8 Å². The first kappa shape index (κ1) is 15.4. The van der Waals surface area contributed by atoms with Crippen LogP contribution in [-0.4, -0.2) is 23.7 Å². The van der Waals surface area contributed by atoms with Crippen molar-refractivity contribution in [3.8, 4) is 0 Å². The molecule has 1 aromatic rings. The standard InChI is InChI=1S/C16H22N2O3/c19-15(20)11-13-6-3-7-14(10-13)18-16(21)17-9-8-12-4-1-2-5-12/h3,6-7,10,12H,1-2,4-5,8-9,11H2,(H,19,20)(H2,17,18,21). The Morgan fingerprint density at radius 1 is 1.24 bits per heavy atom. The van der Waals surface area contributed by atoms with Crippen molar-refractivity contribution in [1.82, 2.24) is 5.32 Å². The summed E-state index contributed by atoms with van der Waals surface area (Å²) in [5.74, 6) is -0.127. The number of hydrogen-bond acceptors (Lipinski definition) is 2. The van der Waals surface area contributed by atoms with Crippen molar-refractivity contribution in [3.05, 3.63) is 29.8 Å². The Balaban J connectivity index is 1.75. The summed E-state index contributed by atoms with van der Waals surface area (Å²) in [5, 5.41) is 14.3. The fourth-order valence-electron chi connectivity index (χ4n) is 2.80. The second-order valence-electron chi connectivity index (χ2n) is 5.59. The smallest absolute Gasteiger partial charge is 0.319 e. The van der Waals surface area contributed by atoms with Crippen molar-refractivity contribution in [2.24, 2.45) is 5.92 Å². The van der Waals surface area contributed by atoms with Crippen molar-refractivity contribution < 1.29 is 14.7 Å². The van der Waals surface area contributed by atoms with Crippen LogP contribution in [0.5, 0.6) is 0 Å². The van der Waals surface area contributed by atoms with Gasteiger partial charge in [0.15, 0.2) is 0 Å². The van der Waals surface area contributed by atoms with Crippen LogP contribution in [0.2, 0.25) is 0 Å². The van der Waals surface area contributed by atoms with Crippen molar-refractivity contribution >= 4 is 17.7 Å². The van der Waals surface area contributed by atoms with Gasteiger partial charge in [0.1, 0.15) is 0 Å². The fourth-order valence-corrected chi connectivity index (χ4v) is 2.80. The van der Waals surface area contributed by atoms with Crippen LogP contribution in [0, 0.1) is 5.92 Å². The van der Waals surface area contributed by atoms with E-state index in [1.807, 2.05) is 0 Å². The predicted octanol–water partition coefficient (Wildman–Crippen LogP) is 3.02. The van der Waals surface area contributed by atoms with Gasteiger partial charge in [-0.2, -0.15) is 0 Å². The number of benzene rings is 1. The molecule has 2 rings (SSSR count). The number of rotatable bonds is 6. The molecule has 0 atom stereocenters. The molecule has 5 nitrogen and oxygen atoms in total. The lowest BCUT2D eigenvalue weighted by atomic mass is 10.0. The molecule has 1 aromatic carbocycles. The van der Waals surface area contributed by atoms with Gasteiger partial charge in [0, 0.05) is 12.2 Å².